The summed E-state index contributed by atoms with van der Waals surface area (Å²) < 4.78 is 15.7. The Balaban J connectivity index is 1.29. The van der Waals surface area contributed by atoms with Gasteiger partial charge in [-0.25, -0.2) is 4.39 Å². The molecule has 7 nitrogen and oxygen atoms in total. The number of aliphatic hydroxyl groups is 1. The van der Waals surface area contributed by atoms with Crippen LogP contribution in [-0.2, 0) is 11.3 Å². The highest BCUT2D eigenvalue weighted by Crippen LogP contribution is 2.23. The number of β-amino-alcohol motifs (C(OH)–C–C–N with tert-alkyl or cyclic N) is 1. The Labute approximate surface area is 170 Å². The van der Waals surface area contributed by atoms with Crippen LogP contribution in [-0.4, -0.2) is 82.0 Å². The Morgan fingerprint density at radius 3 is 2.59 bits per heavy atom. The van der Waals surface area contributed by atoms with E-state index in [0.717, 1.165) is 38.3 Å². The third kappa shape index (κ3) is 4.43. The van der Waals surface area contributed by atoms with Crippen LogP contribution < -0.4 is 4.90 Å². The fourth-order valence-corrected chi connectivity index (χ4v) is 4.36. The highest BCUT2D eigenvalue weighted by Gasteiger charge is 2.35. The monoisotopic (exact) mass is 401 g/mol. The van der Waals surface area contributed by atoms with Gasteiger partial charge in [-0.2, -0.15) is 5.10 Å². The molecule has 1 aromatic heterocycles. The van der Waals surface area contributed by atoms with Crippen LogP contribution in [0.5, 0.6) is 0 Å². The number of amides is 1. The Hall–Kier alpha value is -2.45. The molecule has 1 N–H and O–H groups in total. The minimum absolute atomic E-state index is 0.0185. The first-order chi connectivity index (χ1) is 14.0. The molecule has 0 bridgehead atoms. The lowest BCUT2D eigenvalue weighted by molar-refractivity contribution is -0.137. The molecule has 1 amide bonds. The van der Waals surface area contributed by atoms with Gasteiger partial charge in [0, 0.05) is 51.5 Å². The van der Waals surface area contributed by atoms with Gasteiger partial charge >= 0.3 is 0 Å². The van der Waals surface area contributed by atoms with E-state index < -0.39 is 6.10 Å². The molecule has 8 heteroatoms. The van der Waals surface area contributed by atoms with Crippen LogP contribution in [0.2, 0.25) is 0 Å². The number of likely N-dealkylation sites (tertiary alicyclic amines) is 1. The molecule has 2 saturated heterocycles. The number of aromatic nitrogens is 2. The molecule has 0 aliphatic carbocycles. The van der Waals surface area contributed by atoms with Gasteiger partial charge in [0.15, 0.2) is 0 Å². The summed E-state index contributed by atoms with van der Waals surface area (Å²) in [6, 6.07) is 8.76. The fraction of sp³-hybridized carbons (Fsp3) is 0.524. The van der Waals surface area contributed by atoms with Crippen LogP contribution in [0.15, 0.2) is 36.5 Å². The lowest BCUT2D eigenvalue weighted by Gasteiger charge is -2.45. The zero-order valence-corrected chi connectivity index (χ0v) is 16.7. The van der Waals surface area contributed by atoms with Gasteiger partial charge in [-0.3, -0.25) is 14.4 Å². The van der Waals surface area contributed by atoms with Crippen molar-refractivity contribution in [2.24, 2.45) is 0 Å². The van der Waals surface area contributed by atoms with Crippen molar-refractivity contribution < 1.29 is 14.3 Å². The standard InChI is InChI=1S/C21H28FN5O2/c1-16-6-9-27(23-16)15-21(29)26-8-7-19(20(28)14-26)25-12-10-24(11-13-25)18-5-3-2-4-17(18)22/h2-6,9,19-20,28H,7-8,10-15H2,1H3/t19-,20-/m1/s1. The summed E-state index contributed by atoms with van der Waals surface area (Å²) in [6.45, 7) is 6.07. The van der Waals surface area contributed by atoms with E-state index in [-0.39, 0.29) is 24.3 Å². The van der Waals surface area contributed by atoms with Crippen molar-refractivity contribution >= 4 is 11.6 Å². The van der Waals surface area contributed by atoms with Crippen molar-refractivity contribution in [2.75, 3.05) is 44.2 Å². The van der Waals surface area contributed by atoms with Crippen LogP contribution in [0.25, 0.3) is 0 Å². The van der Waals surface area contributed by atoms with E-state index in [1.165, 1.54) is 6.07 Å². The zero-order valence-electron chi connectivity index (χ0n) is 16.7. The van der Waals surface area contributed by atoms with E-state index in [2.05, 4.69) is 14.9 Å². The van der Waals surface area contributed by atoms with Crippen LogP contribution in [0.3, 0.4) is 0 Å². The fourth-order valence-electron chi connectivity index (χ4n) is 4.36. The predicted octanol–water partition coefficient (Wildman–Crippen LogP) is 1.11. The van der Waals surface area contributed by atoms with Gasteiger partial charge in [0.1, 0.15) is 12.4 Å². The molecule has 2 aliphatic heterocycles. The molecular weight excluding hydrogens is 373 g/mol. The average molecular weight is 401 g/mol. The molecular formula is C21H28FN5O2. The molecule has 4 rings (SSSR count). The van der Waals surface area contributed by atoms with Crippen LogP contribution in [0.1, 0.15) is 12.1 Å². The minimum Gasteiger partial charge on any atom is -0.390 e. The largest absolute Gasteiger partial charge is 0.390 e. The number of anilines is 1. The summed E-state index contributed by atoms with van der Waals surface area (Å²) >= 11 is 0. The van der Waals surface area contributed by atoms with Crippen molar-refractivity contribution in [1.82, 2.24) is 19.6 Å². The van der Waals surface area contributed by atoms with E-state index in [9.17, 15) is 14.3 Å². The van der Waals surface area contributed by atoms with Crippen LogP contribution in [0, 0.1) is 12.7 Å². The molecule has 2 aromatic rings. The van der Waals surface area contributed by atoms with Gasteiger partial charge < -0.3 is 14.9 Å². The number of carbonyl (C=O) groups excluding carboxylic acids is 1. The number of piperidine rings is 1. The van der Waals surface area contributed by atoms with E-state index >= 15 is 0 Å². The molecule has 0 saturated carbocycles. The number of piperazine rings is 1. The van der Waals surface area contributed by atoms with Gasteiger partial charge in [0.05, 0.1) is 17.5 Å². The number of aryl methyl sites for hydroxylation is 1. The molecule has 29 heavy (non-hydrogen) atoms. The second-order valence-electron chi connectivity index (χ2n) is 7.89. The third-order valence-electron chi connectivity index (χ3n) is 5.95. The first-order valence-electron chi connectivity index (χ1n) is 10.2. The minimum atomic E-state index is -0.577. The molecule has 0 radical (unpaired) electrons. The second kappa shape index (κ2) is 8.51. The molecule has 0 unspecified atom stereocenters. The highest BCUT2D eigenvalue weighted by molar-refractivity contribution is 5.76. The number of nitrogens with zero attached hydrogens (tertiary/aromatic N) is 5. The predicted molar refractivity (Wildman–Crippen MR) is 108 cm³/mol. The number of hydrogen-bond donors (Lipinski definition) is 1. The maximum atomic E-state index is 14.0. The smallest absolute Gasteiger partial charge is 0.244 e. The summed E-state index contributed by atoms with van der Waals surface area (Å²) in [6.07, 6.45) is 1.96. The van der Waals surface area contributed by atoms with Gasteiger partial charge in [-0.05, 0) is 31.5 Å². The van der Waals surface area contributed by atoms with Crippen molar-refractivity contribution in [3.63, 3.8) is 0 Å². The Morgan fingerprint density at radius 1 is 1.17 bits per heavy atom. The molecule has 0 spiro atoms. The maximum Gasteiger partial charge on any atom is 0.244 e. The number of halogens is 1. The number of rotatable bonds is 4. The van der Waals surface area contributed by atoms with Crippen LogP contribution >= 0.6 is 0 Å². The van der Waals surface area contributed by atoms with Gasteiger partial charge in [-0.15, -0.1) is 0 Å². The molecule has 2 atom stereocenters. The van der Waals surface area contributed by atoms with Crippen LogP contribution in [0.4, 0.5) is 10.1 Å². The van der Waals surface area contributed by atoms with Crippen molar-refractivity contribution in [2.45, 2.75) is 32.0 Å². The van der Waals surface area contributed by atoms with E-state index in [1.54, 1.807) is 21.8 Å². The number of carbonyl (C=O) groups is 1. The Bertz CT molecular complexity index is 849. The first-order valence-corrected chi connectivity index (χ1v) is 10.2. The second-order valence-corrected chi connectivity index (χ2v) is 7.89. The number of aliphatic hydroxyl groups excluding tert-OH is 1. The normalized spacial score (nSPS) is 23.4. The third-order valence-corrected chi connectivity index (χ3v) is 5.95. The quantitative estimate of drug-likeness (QED) is 0.832. The molecule has 156 valence electrons. The van der Waals surface area contributed by atoms with E-state index in [4.69, 9.17) is 0 Å². The SMILES string of the molecule is Cc1ccn(CC(=O)N2CC[C@@H](N3CCN(c4ccccc4F)CC3)[C@H](O)C2)n1. The molecule has 2 aliphatic rings. The lowest BCUT2D eigenvalue weighted by Crippen LogP contribution is -2.59. The number of benzene rings is 1. The number of hydrogen-bond acceptors (Lipinski definition) is 5. The number of para-hydroxylation sites is 1. The summed E-state index contributed by atoms with van der Waals surface area (Å²) in [5, 5.41) is 15.0. The Kier molecular flexibility index (Phi) is 5.82. The van der Waals surface area contributed by atoms with E-state index in [0.29, 0.717) is 18.8 Å². The zero-order chi connectivity index (χ0) is 20.4. The van der Waals surface area contributed by atoms with Crippen molar-refractivity contribution in [3.05, 3.63) is 48.0 Å². The Morgan fingerprint density at radius 2 is 1.93 bits per heavy atom. The van der Waals surface area contributed by atoms with Crippen molar-refractivity contribution in [3.8, 4) is 0 Å². The highest BCUT2D eigenvalue weighted by atomic mass is 19.1. The average Bonchev–Trinajstić information content (AvgIpc) is 3.13. The van der Waals surface area contributed by atoms with Gasteiger partial charge in [-0.1, -0.05) is 12.1 Å². The summed E-state index contributed by atoms with van der Waals surface area (Å²) in [5.41, 5.74) is 1.52. The first kappa shape index (κ1) is 19.8. The summed E-state index contributed by atoms with van der Waals surface area (Å²) in [4.78, 5) is 18.6. The molecule has 1 aromatic carbocycles. The molecule has 2 fully saturated rings. The van der Waals surface area contributed by atoms with Gasteiger partial charge in [0.2, 0.25) is 5.91 Å². The van der Waals surface area contributed by atoms with Crippen molar-refractivity contribution in [1.29, 1.82) is 0 Å². The molecule has 3 heterocycles. The van der Waals surface area contributed by atoms with E-state index in [1.807, 2.05) is 25.1 Å². The van der Waals surface area contributed by atoms with Gasteiger partial charge in [0.25, 0.3) is 0 Å². The maximum absolute atomic E-state index is 14.0. The lowest BCUT2D eigenvalue weighted by atomic mass is 9.99. The topological polar surface area (TPSA) is 64.8 Å². The summed E-state index contributed by atoms with van der Waals surface area (Å²) in [5.74, 6) is -0.213. The summed E-state index contributed by atoms with van der Waals surface area (Å²) in [7, 11) is 0.